The fraction of sp³-hybridized carbons (Fsp3) is 0.619. The van der Waals surface area contributed by atoms with Gasteiger partial charge in [0.1, 0.15) is 0 Å². The largest absolute Gasteiger partial charge is 0.481 e. The number of hydrogen-bond acceptors (Lipinski definition) is 3. The van der Waals surface area contributed by atoms with Crippen LogP contribution in [0.3, 0.4) is 0 Å². The van der Waals surface area contributed by atoms with E-state index in [1.54, 1.807) is 0 Å². The van der Waals surface area contributed by atoms with Crippen LogP contribution >= 0.6 is 12.4 Å². The van der Waals surface area contributed by atoms with E-state index in [1.807, 2.05) is 4.90 Å². The minimum absolute atomic E-state index is 0. The van der Waals surface area contributed by atoms with Gasteiger partial charge in [0.25, 0.3) is 0 Å². The smallest absolute Gasteiger partial charge is 0.311 e. The van der Waals surface area contributed by atoms with Gasteiger partial charge in [-0.3, -0.25) is 14.5 Å². The van der Waals surface area contributed by atoms with Crippen LogP contribution in [0.15, 0.2) is 24.3 Å². The monoisotopic (exact) mass is 394 g/mol. The first kappa shape index (κ1) is 21.7. The number of hydrogen-bond donors (Lipinski definition) is 1. The number of rotatable bonds is 7. The van der Waals surface area contributed by atoms with Crippen LogP contribution < -0.4 is 0 Å². The highest BCUT2D eigenvalue weighted by Gasteiger charge is 2.54. The van der Waals surface area contributed by atoms with Crippen LogP contribution in [0.4, 0.5) is 0 Å². The second kappa shape index (κ2) is 9.07. The molecule has 1 aliphatic heterocycles. The first-order valence-corrected chi connectivity index (χ1v) is 9.73. The second-order valence-electron chi connectivity index (χ2n) is 8.02. The molecule has 1 saturated heterocycles. The number of carbonyl (C=O) groups is 2. The standard InChI is InChI=1S/C21H30N2O3.ClH/c1-3-11-23(12-17-8-6-16(2)7-9-17)19(24)14-22-13-18-5-4-10-21(18,15-22)20(25)26;/h6-9,18H,3-5,10-15H2,1-2H3,(H,25,26);1H/t18-,21+;/m0./s1. The van der Waals surface area contributed by atoms with E-state index in [1.165, 1.54) is 5.56 Å². The maximum absolute atomic E-state index is 12.9. The lowest BCUT2D eigenvalue weighted by Crippen LogP contribution is -2.41. The predicted molar refractivity (Wildman–Crippen MR) is 108 cm³/mol. The Balaban J connectivity index is 0.00000261. The zero-order valence-corrected chi connectivity index (χ0v) is 17.1. The van der Waals surface area contributed by atoms with Gasteiger partial charge in [-0.15, -0.1) is 12.4 Å². The Hall–Kier alpha value is -1.59. The number of nitrogens with zero attached hydrogens (tertiary/aromatic N) is 2. The van der Waals surface area contributed by atoms with Crippen molar-refractivity contribution >= 4 is 24.3 Å². The number of aryl methyl sites for hydroxylation is 1. The first-order chi connectivity index (χ1) is 12.4. The average Bonchev–Trinajstić information content (AvgIpc) is 3.14. The van der Waals surface area contributed by atoms with Crippen molar-refractivity contribution in [2.45, 2.75) is 46.1 Å². The van der Waals surface area contributed by atoms with E-state index < -0.39 is 11.4 Å². The normalized spacial score (nSPS) is 24.3. The molecule has 6 heteroatoms. The third kappa shape index (κ3) is 4.64. The molecule has 1 heterocycles. The highest BCUT2D eigenvalue weighted by atomic mass is 35.5. The number of carbonyl (C=O) groups excluding carboxylic acids is 1. The molecule has 150 valence electrons. The number of likely N-dealkylation sites (tertiary alicyclic amines) is 1. The summed E-state index contributed by atoms with van der Waals surface area (Å²) in [6, 6.07) is 8.29. The lowest BCUT2D eigenvalue weighted by molar-refractivity contribution is -0.149. The van der Waals surface area contributed by atoms with Crippen molar-refractivity contribution < 1.29 is 14.7 Å². The van der Waals surface area contributed by atoms with E-state index in [0.717, 1.165) is 44.3 Å². The highest BCUT2D eigenvalue weighted by Crippen LogP contribution is 2.48. The minimum atomic E-state index is -0.681. The summed E-state index contributed by atoms with van der Waals surface area (Å²) < 4.78 is 0. The SMILES string of the molecule is CCCN(Cc1ccc(C)cc1)C(=O)CN1C[C@@H]2CCC[C@@]2(C(=O)O)C1.Cl. The molecule has 1 aromatic rings. The Morgan fingerprint density at radius 1 is 1.30 bits per heavy atom. The summed E-state index contributed by atoms with van der Waals surface area (Å²) in [5.41, 5.74) is 1.73. The quantitative estimate of drug-likeness (QED) is 0.770. The fourth-order valence-corrected chi connectivity index (χ4v) is 4.63. The fourth-order valence-electron chi connectivity index (χ4n) is 4.63. The molecule has 2 aliphatic rings. The lowest BCUT2D eigenvalue weighted by atomic mass is 9.81. The van der Waals surface area contributed by atoms with Crippen molar-refractivity contribution in [2.75, 3.05) is 26.2 Å². The topological polar surface area (TPSA) is 60.9 Å². The van der Waals surface area contributed by atoms with Gasteiger partial charge in [0.2, 0.25) is 5.91 Å². The Kier molecular flexibility index (Phi) is 7.29. The van der Waals surface area contributed by atoms with E-state index in [9.17, 15) is 14.7 Å². The number of aliphatic carboxylic acids is 1. The van der Waals surface area contributed by atoms with Crippen molar-refractivity contribution in [1.82, 2.24) is 9.80 Å². The Labute approximate surface area is 168 Å². The van der Waals surface area contributed by atoms with Crippen LogP contribution in [0.5, 0.6) is 0 Å². The molecule has 0 bridgehead atoms. The maximum Gasteiger partial charge on any atom is 0.311 e. The van der Waals surface area contributed by atoms with Crippen molar-refractivity contribution in [2.24, 2.45) is 11.3 Å². The Bertz CT molecular complexity index is 664. The van der Waals surface area contributed by atoms with Crippen LogP contribution in [0.25, 0.3) is 0 Å². The first-order valence-electron chi connectivity index (χ1n) is 9.73. The van der Waals surface area contributed by atoms with Crippen LogP contribution in [-0.2, 0) is 16.1 Å². The third-order valence-corrected chi connectivity index (χ3v) is 6.07. The van der Waals surface area contributed by atoms with Gasteiger partial charge in [-0.2, -0.15) is 0 Å². The molecule has 1 amide bonds. The van der Waals surface area contributed by atoms with Crippen LogP contribution in [-0.4, -0.2) is 53.0 Å². The second-order valence-corrected chi connectivity index (χ2v) is 8.02. The van der Waals surface area contributed by atoms with Crippen molar-refractivity contribution in [3.05, 3.63) is 35.4 Å². The molecule has 1 aliphatic carbocycles. The van der Waals surface area contributed by atoms with Crippen molar-refractivity contribution in [3.63, 3.8) is 0 Å². The molecule has 0 unspecified atom stereocenters. The average molecular weight is 395 g/mol. The molecule has 3 rings (SSSR count). The Morgan fingerprint density at radius 3 is 2.59 bits per heavy atom. The molecule has 0 aromatic heterocycles. The van der Waals surface area contributed by atoms with Gasteiger partial charge in [-0.05, 0) is 37.7 Å². The van der Waals surface area contributed by atoms with Gasteiger partial charge in [0.15, 0.2) is 0 Å². The molecular weight excluding hydrogens is 364 g/mol. The molecule has 1 saturated carbocycles. The molecule has 2 atom stereocenters. The summed E-state index contributed by atoms with van der Waals surface area (Å²) in [5, 5.41) is 9.71. The van der Waals surface area contributed by atoms with Crippen LogP contribution in [0, 0.1) is 18.3 Å². The van der Waals surface area contributed by atoms with Crippen molar-refractivity contribution in [1.29, 1.82) is 0 Å². The van der Waals surface area contributed by atoms with Crippen LogP contribution in [0.1, 0.15) is 43.7 Å². The summed E-state index contributed by atoms with van der Waals surface area (Å²) in [6.45, 7) is 7.07. The highest BCUT2D eigenvalue weighted by molar-refractivity contribution is 5.85. The number of benzene rings is 1. The summed E-state index contributed by atoms with van der Waals surface area (Å²) in [4.78, 5) is 28.7. The number of amides is 1. The number of carboxylic acid groups (broad SMARTS) is 1. The van der Waals surface area contributed by atoms with Gasteiger partial charge < -0.3 is 10.0 Å². The van der Waals surface area contributed by atoms with E-state index in [0.29, 0.717) is 19.6 Å². The molecule has 1 aromatic carbocycles. The third-order valence-electron chi connectivity index (χ3n) is 6.07. The molecule has 27 heavy (non-hydrogen) atoms. The Morgan fingerprint density at radius 2 is 2.00 bits per heavy atom. The summed E-state index contributed by atoms with van der Waals surface area (Å²) in [5.74, 6) is -0.377. The minimum Gasteiger partial charge on any atom is -0.481 e. The van der Waals surface area contributed by atoms with E-state index in [4.69, 9.17) is 0 Å². The number of halogens is 1. The molecule has 5 nitrogen and oxygen atoms in total. The molecule has 2 fully saturated rings. The summed E-state index contributed by atoms with van der Waals surface area (Å²) in [7, 11) is 0. The maximum atomic E-state index is 12.9. The predicted octanol–water partition coefficient (Wildman–Crippen LogP) is 3.34. The summed E-state index contributed by atoms with van der Waals surface area (Å²) in [6.07, 6.45) is 3.63. The van der Waals surface area contributed by atoms with Gasteiger partial charge in [0, 0.05) is 26.2 Å². The number of fused-ring (bicyclic) bond motifs is 1. The molecule has 1 N–H and O–H groups in total. The van der Waals surface area contributed by atoms with Crippen LogP contribution in [0.2, 0.25) is 0 Å². The zero-order chi connectivity index (χ0) is 18.7. The number of carboxylic acids is 1. The van der Waals surface area contributed by atoms with E-state index in [-0.39, 0.29) is 24.2 Å². The molecule has 0 radical (unpaired) electrons. The molecule has 0 spiro atoms. The van der Waals surface area contributed by atoms with Gasteiger partial charge in [-0.1, -0.05) is 43.2 Å². The van der Waals surface area contributed by atoms with Crippen molar-refractivity contribution in [3.8, 4) is 0 Å². The van der Waals surface area contributed by atoms with E-state index >= 15 is 0 Å². The summed E-state index contributed by atoms with van der Waals surface area (Å²) >= 11 is 0. The molecular formula is C21H31ClN2O3. The van der Waals surface area contributed by atoms with Gasteiger partial charge in [-0.25, -0.2) is 0 Å². The van der Waals surface area contributed by atoms with Gasteiger partial charge >= 0.3 is 5.97 Å². The van der Waals surface area contributed by atoms with Gasteiger partial charge in [0.05, 0.1) is 12.0 Å². The zero-order valence-electron chi connectivity index (χ0n) is 16.3. The van der Waals surface area contributed by atoms with E-state index in [2.05, 4.69) is 43.0 Å². The lowest BCUT2D eigenvalue weighted by Gasteiger charge is -2.26.